The third-order valence-electron chi connectivity index (χ3n) is 4.24. The number of anilines is 2. The van der Waals surface area contributed by atoms with Crippen molar-refractivity contribution in [3.05, 3.63) is 74.0 Å². The fourth-order valence-corrected chi connectivity index (χ4v) is 3.09. The Morgan fingerprint density at radius 3 is 2.83 bits per heavy atom. The summed E-state index contributed by atoms with van der Waals surface area (Å²) in [5.74, 6) is -0.995. The van der Waals surface area contributed by atoms with Crippen molar-refractivity contribution >= 4 is 40.0 Å². The van der Waals surface area contributed by atoms with Crippen molar-refractivity contribution < 1.29 is 14.1 Å². The summed E-state index contributed by atoms with van der Waals surface area (Å²) in [6.45, 7) is 0. The Morgan fingerprint density at radius 2 is 2.10 bits per heavy atom. The van der Waals surface area contributed by atoms with E-state index in [2.05, 4.69) is 20.3 Å². The molecule has 4 rings (SSSR count). The third kappa shape index (κ3) is 3.31. The Kier molecular flexibility index (Phi) is 4.80. The van der Waals surface area contributed by atoms with E-state index in [4.69, 9.17) is 16.3 Å². The molecule has 0 fully saturated rings. The lowest BCUT2D eigenvalue weighted by Gasteiger charge is -2.12. The van der Waals surface area contributed by atoms with Crippen LogP contribution < -0.4 is 15.7 Å². The summed E-state index contributed by atoms with van der Waals surface area (Å²) in [5, 5.41) is 13.9. The number of aromatic amines is 1. The monoisotopic (exact) mass is 430 g/mol. The van der Waals surface area contributed by atoms with Crippen LogP contribution in [-0.4, -0.2) is 31.6 Å². The Bertz CT molecular complexity index is 1350. The molecule has 0 unspecified atom stereocenters. The van der Waals surface area contributed by atoms with Gasteiger partial charge >= 0.3 is 11.4 Å². The van der Waals surface area contributed by atoms with E-state index in [1.807, 2.05) is 0 Å². The van der Waals surface area contributed by atoms with Crippen LogP contribution in [0.1, 0.15) is 0 Å². The summed E-state index contributed by atoms with van der Waals surface area (Å²) in [4.78, 5) is 33.6. The van der Waals surface area contributed by atoms with Crippen LogP contribution in [0.25, 0.3) is 16.9 Å². The summed E-state index contributed by atoms with van der Waals surface area (Å²) in [6, 6.07) is 8.80. The lowest BCUT2D eigenvalue weighted by Crippen LogP contribution is -2.17. The van der Waals surface area contributed by atoms with Crippen LogP contribution in [-0.2, 0) is 0 Å². The molecule has 0 bridgehead atoms. The van der Waals surface area contributed by atoms with Crippen molar-refractivity contribution in [2.45, 2.75) is 0 Å². The first-order valence-electron chi connectivity index (χ1n) is 8.40. The van der Waals surface area contributed by atoms with Gasteiger partial charge in [0.2, 0.25) is 11.8 Å². The van der Waals surface area contributed by atoms with Gasteiger partial charge in [-0.15, -0.1) is 0 Å². The van der Waals surface area contributed by atoms with Crippen molar-refractivity contribution in [3.63, 3.8) is 0 Å². The lowest BCUT2D eigenvalue weighted by atomic mass is 10.2. The van der Waals surface area contributed by atoms with Gasteiger partial charge in [0.05, 0.1) is 35.0 Å². The van der Waals surface area contributed by atoms with Gasteiger partial charge in [0, 0.05) is 12.1 Å². The Balaban J connectivity index is 1.82. The number of nitrogens with one attached hydrogen (secondary N) is 2. The number of rotatable bonds is 5. The standard InChI is InChI=1S/C18H12ClFN6O4/c1-30-15-6-10(20)14(26(28)29)7-12(15)22-17-21-8-9(19)16(24-17)25-13-5-3-2-4-11(13)23-18(25)27/h2-8H,1H3,(H,23,27)(H,21,22,24). The van der Waals surface area contributed by atoms with Crippen LogP contribution in [0.3, 0.4) is 0 Å². The van der Waals surface area contributed by atoms with Gasteiger partial charge in [-0.1, -0.05) is 23.7 Å². The van der Waals surface area contributed by atoms with Gasteiger partial charge < -0.3 is 15.0 Å². The zero-order valence-corrected chi connectivity index (χ0v) is 16.0. The highest BCUT2D eigenvalue weighted by atomic mass is 35.5. The van der Waals surface area contributed by atoms with E-state index < -0.39 is 22.1 Å². The van der Waals surface area contributed by atoms with Crippen LogP contribution in [0, 0.1) is 15.9 Å². The molecule has 152 valence electrons. The molecule has 0 saturated carbocycles. The van der Waals surface area contributed by atoms with E-state index in [0.717, 1.165) is 12.1 Å². The number of aromatic nitrogens is 4. The molecular formula is C18H12ClFN6O4. The van der Waals surface area contributed by atoms with Gasteiger partial charge in [0.1, 0.15) is 10.8 Å². The minimum Gasteiger partial charge on any atom is -0.494 e. The number of para-hydroxylation sites is 2. The molecule has 0 aliphatic heterocycles. The predicted molar refractivity (Wildman–Crippen MR) is 107 cm³/mol. The van der Waals surface area contributed by atoms with Gasteiger partial charge in [0.25, 0.3) is 0 Å². The van der Waals surface area contributed by atoms with Crippen LogP contribution in [0.2, 0.25) is 5.02 Å². The summed E-state index contributed by atoms with van der Waals surface area (Å²) in [7, 11) is 1.28. The molecule has 0 amide bonds. The zero-order chi connectivity index (χ0) is 21.4. The molecule has 12 heteroatoms. The largest absolute Gasteiger partial charge is 0.494 e. The van der Waals surface area contributed by atoms with Crippen molar-refractivity contribution in [1.82, 2.24) is 19.5 Å². The van der Waals surface area contributed by atoms with Crippen LogP contribution in [0.4, 0.5) is 21.7 Å². The summed E-state index contributed by atoms with van der Waals surface area (Å²) < 4.78 is 20.2. The topological polar surface area (TPSA) is 128 Å². The van der Waals surface area contributed by atoms with Gasteiger partial charge in [-0.3, -0.25) is 10.1 Å². The molecule has 0 radical (unpaired) electrons. The van der Waals surface area contributed by atoms with Crippen LogP contribution >= 0.6 is 11.6 Å². The number of nitro benzene ring substituents is 1. The number of methoxy groups -OCH3 is 1. The summed E-state index contributed by atoms with van der Waals surface area (Å²) >= 11 is 6.22. The average molecular weight is 431 g/mol. The predicted octanol–water partition coefficient (Wildman–Crippen LogP) is 3.56. The Hall–Kier alpha value is -3.99. The SMILES string of the molecule is COc1cc(F)c([N+](=O)[O-])cc1Nc1ncc(Cl)c(-n2c(=O)[nH]c3ccccc32)n1. The second-order valence-electron chi connectivity index (χ2n) is 6.03. The van der Waals surface area contributed by atoms with E-state index >= 15 is 0 Å². The van der Waals surface area contributed by atoms with Crippen LogP contribution in [0.5, 0.6) is 5.75 Å². The van der Waals surface area contributed by atoms with Gasteiger partial charge in [-0.25, -0.2) is 14.3 Å². The Labute approximate surface area is 172 Å². The number of nitro groups is 1. The molecular weight excluding hydrogens is 419 g/mol. The molecule has 4 aromatic rings. The number of hydrogen-bond acceptors (Lipinski definition) is 7. The number of fused-ring (bicyclic) bond motifs is 1. The summed E-state index contributed by atoms with van der Waals surface area (Å²) in [5.41, 5.74) is -0.0187. The summed E-state index contributed by atoms with van der Waals surface area (Å²) in [6.07, 6.45) is 1.27. The van der Waals surface area contributed by atoms with E-state index in [-0.39, 0.29) is 28.2 Å². The van der Waals surface area contributed by atoms with Gasteiger partial charge in [-0.05, 0) is 12.1 Å². The normalized spacial score (nSPS) is 10.9. The molecule has 2 aromatic heterocycles. The Morgan fingerprint density at radius 1 is 1.33 bits per heavy atom. The van der Waals surface area contributed by atoms with Crippen molar-refractivity contribution in [3.8, 4) is 11.6 Å². The van der Waals surface area contributed by atoms with Gasteiger partial charge in [0.15, 0.2) is 5.82 Å². The molecule has 0 atom stereocenters. The zero-order valence-electron chi connectivity index (χ0n) is 15.2. The highest BCUT2D eigenvalue weighted by molar-refractivity contribution is 6.32. The maximum atomic E-state index is 13.9. The minimum absolute atomic E-state index is 0.00228. The van der Waals surface area contributed by atoms with Gasteiger partial charge in [-0.2, -0.15) is 9.37 Å². The fraction of sp³-hybridized carbons (Fsp3) is 0.0556. The van der Waals surface area contributed by atoms with E-state index in [1.54, 1.807) is 24.3 Å². The molecule has 0 spiro atoms. The molecule has 0 saturated heterocycles. The van der Waals surface area contributed by atoms with Crippen molar-refractivity contribution in [2.75, 3.05) is 12.4 Å². The number of benzene rings is 2. The second-order valence-corrected chi connectivity index (χ2v) is 6.44. The second kappa shape index (κ2) is 7.44. The highest BCUT2D eigenvalue weighted by Crippen LogP contribution is 2.33. The molecule has 2 N–H and O–H groups in total. The molecule has 2 aromatic carbocycles. The molecule has 0 aliphatic rings. The average Bonchev–Trinajstić information content (AvgIpc) is 3.05. The number of H-pyrrole nitrogens is 1. The first kappa shape index (κ1) is 19.3. The molecule has 30 heavy (non-hydrogen) atoms. The van der Waals surface area contributed by atoms with E-state index in [9.17, 15) is 19.3 Å². The maximum absolute atomic E-state index is 13.9. The van der Waals surface area contributed by atoms with Crippen LogP contribution in [0.15, 0.2) is 47.4 Å². The smallest absolute Gasteiger partial charge is 0.332 e. The molecule has 0 aliphatic carbocycles. The van der Waals surface area contributed by atoms with E-state index in [0.29, 0.717) is 11.0 Å². The number of hydrogen-bond donors (Lipinski definition) is 2. The number of nitrogens with zero attached hydrogens (tertiary/aromatic N) is 4. The maximum Gasteiger partial charge on any atom is 0.332 e. The number of imidazole rings is 1. The first-order chi connectivity index (χ1) is 14.4. The number of halogens is 2. The fourth-order valence-electron chi connectivity index (χ4n) is 2.91. The first-order valence-corrected chi connectivity index (χ1v) is 8.78. The highest BCUT2D eigenvalue weighted by Gasteiger charge is 2.20. The third-order valence-corrected chi connectivity index (χ3v) is 4.51. The lowest BCUT2D eigenvalue weighted by molar-refractivity contribution is -0.387. The van der Waals surface area contributed by atoms with E-state index in [1.165, 1.54) is 17.9 Å². The van der Waals surface area contributed by atoms with Crippen molar-refractivity contribution in [2.24, 2.45) is 0 Å². The minimum atomic E-state index is -1.05. The molecule has 10 nitrogen and oxygen atoms in total. The quantitative estimate of drug-likeness (QED) is 0.366. The molecule has 2 heterocycles. The number of ether oxygens (including phenoxy) is 1. The van der Waals surface area contributed by atoms with Crippen molar-refractivity contribution in [1.29, 1.82) is 0 Å².